The number of rotatable bonds is 4. The lowest BCUT2D eigenvalue weighted by Gasteiger charge is -2.11. The zero-order valence-corrected chi connectivity index (χ0v) is 8.85. The predicted molar refractivity (Wildman–Crippen MR) is 61.5 cm³/mol. The molecule has 1 rings (SSSR count). The summed E-state index contributed by atoms with van der Waals surface area (Å²) in [6.45, 7) is 1.93. The first kappa shape index (κ1) is 11.8. The minimum atomic E-state index is -0.329. The van der Waals surface area contributed by atoms with Crippen molar-refractivity contribution < 1.29 is 10.2 Å². The Balaban J connectivity index is 2.80. The number of aliphatic hydroxyl groups is 2. The van der Waals surface area contributed by atoms with Crippen LogP contribution in [0.2, 0.25) is 0 Å². The Bertz CT molecular complexity index is 330. The second-order valence-corrected chi connectivity index (χ2v) is 3.67. The number of benzene rings is 1. The largest absolute Gasteiger partial charge is 0.515 e. The molecule has 3 heteroatoms. The van der Waals surface area contributed by atoms with E-state index in [0.717, 1.165) is 17.4 Å². The van der Waals surface area contributed by atoms with Crippen molar-refractivity contribution in [1.29, 1.82) is 0 Å². The van der Waals surface area contributed by atoms with Gasteiger partial charge in [0, 0.05) is 6.04 Å². The normalized spacial score (nSPS) is 13.9. The highest BCUT2D eigenvalue weighted by Gasteiger charge is 2.07. The van der Waals surface area contributed by atoms with Gasteiger partial charge in [0.2, 0.25) is 0 Å². The summed E-state index contributed by atoms with van der Waals surface area (Å²) >= 11 is 0. The van der Waals surface area contributed by atoms with Crippen LogP contribution in [-0.4, -0.2) is 22.9 Å². The first-order chi connectivity index (χ1) is 7.17. The van der Waals surface area contributed by atoms with Crippen molar-refractivity contribution in [2.75, 3.05) is 6.61 Å². The molecule has 0 aromatic heterocycles. The van der Waals surface area contributed by atoms with Gasteiger partial charge in [0.05, 0.1) is 12.9 Å². The summed E-state index contributed by atoms with van der Waals surface area (Å²) in [5.74, 6) is 0. The summed E-state index contributed by atoms with van der Waals surface area (Å²) in [6.07, 6.45) is 1.52. The van der Waals surface area contributed by atoms with Crippen LogP contribution in [-0.2, 0) is 0 Å². The fourth-order valence-electron chi connectivity index (χ4n) is 1.36. The smallest absolute Gasteiger partial charge is 0.0830 e. The van der Waals surface area contributed by atoms with Gasteiger partial charge in [-0.05, 0) is 24.5 Å². The van der Waals surface area contributed by atoms with Crippen LogP contribution in [0, 0.1) is 6.92 Å². The van der Waals surface area contributed by atoms with Crippen molar-refractivity contribution in [2.45, 2.75) is 19.4 Å². The van der Waals surface area contributed by atoms with Gasteiger partial charge in [-0.15, -0.1) is 0 Å². The van der Waals surface area contributed by atoms with Crippen molar-refractivity contribution >= 4 is 5.57 Å². The van der Waals surface area contributed by atoms with E-state index in [0.29, 0.717) is 6.42 Å². The van der Waals surface area contributed by atoms with Gasteiger partial charge in [-0.1, -0.05) is 29.8 Å². The molecule has 1 aromatic carbocycles. The number of hydrogen-bond acceptors (Lipinski definition) is 3. The molecule has 0 bridgehead atoms. The van der Waals surface area contributed by atoms with Gasteiger partial charge < -0.3 is 15.9 Å². The molecule has 0 amide bonds. The number of aryl methyl sites for hydroxylation is 1. The molecule has 0 aliphatic carbocycles. The van der Waals surface area contributed by atoms with E-state index in [4.69, 9.17) is 15.9 Å². The molecular formula is C12H17NO2. The molecule has 82 valence electrons. The average molecular weight is 207 g/mol. The molecular weight excluding hydrogens is 190 g/mol. The maximum absolute atomic E-state index is 9.09. The third kappa shape index (κ3) is 3.38. The molecule has 0 aliphatic rings. The van der Waals surface area contributed by atoms with Gasteiger partial charge in [-0.2, -0.15) is 0 Å². The van der Waals surface area contributed by atoms with Crippen molar-refractivity contribution in [3.05, 3.63) is 41.7 Å². The third-order valence-electron chi connectivity index (χ3n) is 2.29. The summed E-state index contributed by atoms with van der Waals surface area (Å²) in [6, 6.07) is 7.49. The summed E-state index contributed by atoms with van der Waals surface area (Å²) in [4.78, 5) is 0. The predicted octanol–water partition coefficient (Wildman–Crippen LogP) is 1.60. The molecule has 15 heavy (non-hydrogen) atoms. The Morgan fingerprint density at radius 2 is 2.00 bits per heavy atom. The van der Waals surface area contributed by atoms with Crippen molar-refractivity contribution in [2.24, 2.45) is 5.73 Å². The third-order valence-corrected chi connectivity index (χ3v) is 2.29. The highest BCUT2D eigenvalue weighted by molar-refractivity contribution is 5.65. The fraction of sp³-hybridized carbons (Fsp3) is 0.333. The maximum atomic E-state index is 9.09. The molecule has 4 N–H and O–H groups in total. The van der Waals surface area contributed by atoms with E-state index in [1.54, 1.807) is 0 Å². The number of hydrogen-bond donors (Lipinski definition) is 3. The molecule has 0 saturated heterocycles. The monoisotopic (exact) mass is 207 g/mol. The number of aliphatic hydroxyl groups excluding tert-OH is 2. The van der Waals surface area contributed by atoms with E-state index in [1.165, 1.54) is 5.56 Å². The van der Waals surface area contributed by atoms with Crippen LogP contribution in [0.5, 0.6) is 0 Å². The Hall–Kier alpha value is -1.32. The molecule has 1 atom stereocenters. The fourth-order valence-corrected chi connectivity index (χ4v) is 1.36. The van der Waals surface area contributed by atoms with Crippen LogP contribution in [0.1, 0.15) is 17.5 Å². The van der Waals surface area contributed by atoms with Crippen molar-refractivity contribution in [3.63, 3.8) is 0 Å². The molecule has 3 nitrogen and oxygen atoms in total. The average Bonchev–Trinajstić information content (AvgIpc) is 2.27. The minimum absolute atomic E-state index is 0.0802. The van der Waals surface area contributed by atoms with Crippen molar-refractivity contribution in [3.8, 4) is 0 Å². The van der Waals surface area contributed by atoms with Crippen LogP contribution in [0.3, 0.4) is 0 Å². The van der Waals surface area contributed by atoms with Gasteiger partial charge in [0.15, 0.2) is 0 Å². The first-order valence-electron chi connectivity index (χ1n) is 4.94. The summed E-state index contributed by atoms with van der Waals surface area (Å²) < 4.78 is 0. The van der Waals surface area contributed by atoms with Crippen LogP contribution in [0.15, 0.2) is 30.5 Å². The van der Waals surface area contributed by atoms with Crippen LogP contribution in [0.25, 0.3) is 5.57 Å². The van der Waals surface area contributed by atoms with Crippen LogP contribution in [0.4, 0.5) is 0 Å². The lowest BCUT2D eigenvalue weighted by Crippen LogP contribution is -2.24. The molecule has 1 aromatic rings. The summed E-state index contributed by atoms with van der Waals surface area (Å²) in [7, 11) is 0. The second-order valence-electron chi connectivity index (χ2n) is 3.67. The molecule has 0 spiro atoms. The van der Waals surface area contributed by atoms with E-state index in [-0.39, 0.29) is 12.6 Å². The summed E-state index contributed by atoms with van der Waals surface area (Å²) in [5, 5.41) is 17.9. The maximum Gasteiger partial charge on any atom is 0.0830 e. The molecule has 0 aliphatic heterocycles. The Morgan fingerprint density at radius 1 is 1.40 bits per heavy atom. The van der Waals surface area contributed by atoms with Crippen LogP contribution >= 0.6 is 0 Å². The first-order valence-corrected chi connectivity index (χ1v) is 4.94. The second kappa shape index (κ2) is 5.53. The molecule has 0 radical (unpaired) electrons. The standard InChI is InChI=1S/C12H17NO2/c1-9-2-4-10(5-3-9)11(7-14)6-12(13)8-15/h2-5,7,12,14-15H,6,8,13H2,1H3/b11-7+. The van der Waals surface area contributed by atoms with E-state index < -0.39 is 0 Å². The highest BCUT2D eigenvalue weighted by atomic mass is 16.3. The van der Waals surface area contributed by atoms with Crippen molar-refractivity contribution in [1.82, 2.24) is 0 Å². The van der Waals surface area contributed by atoms with E-state index in [9.17, 15) is 0 Å². The number of nitrogens with two attached hydrogens (primary N) is 1. The molecule has 0 heterocycles. The van der Waals surface area contributed by atoms with E-state index >= 15 is 0 Å². The Morgan fingerprint density at radius 3 is 2.47 bits per heavy atom. The molecule has 0 fully saturated rings. The van der Waals surface area contributed by atoms with Gasteiger partial charge in [-0.3, -0.25) is 0 Å². The van der Waals surface area contributed by atoms with Gasteiger partial charge in [-0.25, -0.2) is 0 Å². The Labute approximate surface area is 89.9 Å². The SMILES string of the molecule is Cc1ccc(/C(=C/O)CC(N)CO)cc1. The molecule has 0 saturated carbocycles. The zero-order valence-electron chi connectivity index (χ0n) is 8.85. The van der Waals surface area contributed by atoms with Gasteiger partial charge in [0.1, 0.15) is 0 Å². The van der Waals surface area contributed by atoms with E-state index in [1.807, 2.05) is 31.2 Å². The molecule has 1 unspecified atom stereocenters. The van der Waals surface area contributed by atoms with Crippen LogP contribution < -0.4 is 5.73 Å². The van der Waals surface area contributed by atoms with E-state index in [2.05, 4.69) is 0 Å². The Kier molecular flexibility index (Phi) is 4.34. The van der Waals surface area contributed by atoms with Gasteiger partial charge in [0.25, 0.3) is 0 Å². The highest BCUT2D eigenvalue weighted by Crippen LogP contribution is 2.19. The lowest BCUT2D eigenvalue weighted by atomic mass is 9.99. The topological polar surface area (TPSA) is 66.5 Å². The minimum Gasteiger partial charge on any atom is -0.515 e. The summed E-state index contributed by atoms with van der Waals surface area (Å²) in [5.41, 5.74) is 8.47. The zero-order chi connectivity index (χ0) is 11.3. The quantitative estimate of drug-likeness (QED) is 0.657. The lowest BCUT2D eigenvalue weighted by molar-refractivity contribution is 0.267. The van der Waals surface area contributed by atoms with Gasteiger partial charge >= 0.3 is 0 Å².